The SMILES string of the molecule is C=CCO[C@@H]1O[C@H](COCc2ccccc2)[C@@H](O)[C@H](O[C@@H]2O[C@@H](C)[C@@H](OCc3ccc(Cl)cc3)[C@@H](OCc3ccc(Cl)cc3)[C@@H]2OCc2ccc(Cl)cc2)[C@H]1N1C(=O)c2ccccc2C1=O. The Kier molecular flexibility index (Phi) is 16.4. The van der Waals surface area contributed by atoms with Crippen LogP contribution < -0.4 is 0 Å². The van der Waals surface area contributed by atoms with Crippen molar-refractivity contribution in [3.8, 4) is 0 Å². The Balaban J connectivity index is 1.17. The third kappa shape index (κ3) is 11.4. The second-order valence-corrected chi connectivity index (χ2v) is 17.5. The normalized spacial score (nSPS) is 26.3. The molecule has 0 radical (unpaired) electrons. The summed E-state index contributed by atoms with van der Waals surface area (Å²) in [6, 6.07) is 36.5. The Morgan fingerprint density at radius 2 is 1.08 bits per heavy atom. The molecule has 0 aromatic heterocycles. The second-order valence-electron chi connectivity index (χ2n) is 16.2. The predicted octanol–water partition coefficient (Wildman–Crippen LogP) is 9.00. The monoisotopic (exact) mass is 957 g/mol. The van der Waals surface area contributed by atoms with E-state index in [1.165, 1.54) is 6.08 Å². The summed E-state index contributed by atoms with van der Waals surface area (Å²) in [5, 5.41) is 14.2. The number of imide groups is 1. The second kappa shape index (κ2) is 22.5. The molecule has 3 heterocycles. The number of aliphatic hydroxyl groups excluding tert-OH is 1. The van der Waals surface area contributed by atoms with E-state index >= 15 is 0 Å². The van der Waals surface area contributed by atoms with E-state index in [0.717, 1.165) is 27.2 Å². The van der Waals surface area contributed by atoms with Crippen molar-refractivity contribution in [1.82, 2.24) is 4.90 Å². The van der Waals surface area contributed by atoms with Gasteiger partial charge in [-0.05, 0) is 77.7 Å². The van der Waals surface area contributed by atoms with Crippen LogP contribution in [0.4, 0.5) is 0 Å². The van der Waals surface area contributed by atoms with E-state index in [1.54, 1.807) is 60.7 Å². The highest BCUT2D eigenvalue weighted by molar-refractivity contribution is 6.31. The number of nitrogens with zero attached hydrogens (tertiary/aromatic N) is 1. The van der Waals surface area contributed by atoms with E-state index in [-0.39, 0.29) is 50.8 Å². The molecular weight excluding hydrogens is 909 g/mol. The van der Waals surface area contributed by atoms with Crippen molar-refractivity contribution in [2.75, 3.05) is 13.2 Å². The van der Waals surface area contributed by atoms with Crippen LogP contribution in [0.1, 0.15) is 49.9 Å². The molecule has 2 amide bonds. The van der Waals surface area contributed by atoms with Gasteiger partial charge in [-0.25, -0.2) is 0 Å². The number of hydrogen-bond donors (Lipinski definition) is 1. The molecule has 12 nitrogen and oxygen atoms in total. The van der Waals surface area contributed by atoms with Crippen LogP contribution in [0.5, 0.6) is 0 Å². The van der Waals surface area contributed by atoms with Gasteiger partial charge in [-0.2, -0.15) is 0 Å². The average Bonchev–Trinajstić information content (AvgIpc) is 3.58. The molecule has 0 unspecified atom stereocenters. The lowest BCUT2D eigenvalue weighted by atomic mass is 9.94. The van der Waals surface area contributed by atoms with Crippen LogP contribution in [0.25, 0.3) is 0 Å². The highest BCUT2D eigenvalue weighted by Crippen LogP contribution is 2.38. The number of halogens is 3. The number of aliphatic hydroxyl groups is 1. The number of carbonyl (C=O) groups is 2. The summed E-state index contributed by atoms with van der Waals surface area (Å²) in [7, 11) is 0. The standard InChI is InChI=1S/C51H50Cl3NO11/c1-3-25-60-50-42(55-48(57)39-11-7-8-12-40(39)49(55)58)45(43(56)41(65-50)30-59-26-32-9-5-4-6-10-32)66-51-47(63-29-35-17-23-38(54)24-18-35)46(62-28-34-15-21-37(53)22-16-34)44(31(2)64-51)61-27-33-13-19-36(52)20-14-33/h3-24,31,41-47,50-51,56H,1,25-30H2,2H3/t31-,41+,42+,43+,44+,45+,46+,47-,50+,51-/m0/s1. The zero-order valence-electron chi connectivity index (χ0n) is 36.0. The minimum atomic E-state index is -1.51. The molecular formula is C51H50Cl3NO11. The molecule has 1 N–H and O–H groups in total. The van der Waals surface area contributed by atoms with E-state index in [1.807, 2.05) is 73.7 Å². The first-order chi connectivity index (χ1) is 32.1. The highest BCUT2D eigenvalue weighted by Gasteiger charge is 2.57. The number of benzene rings is 5. The molecule has 66 heavy (non-hydrogen) atoms. The van der Waals surface area contributed by atoms with Gasteiger partial charge in [0.1, 0.15) is 42.7 Å². The smallest absolute Gasteiger partial charge is 0.262 e. The number of fused-ring (bicyclic) bond motifs is 1. The molecule has 2 saturated heterocycles. The van der Waals surface area contributed by atoms with Crippen LogP contribution in [-0.2, 0) is 64.3 Å². The molecule has 3 aliphatic heterocycles. The van der Waals surface area contributed by atoms with E-state index in [4.69, 9.17) is 72.7 Å². The Hall–Kier alpha value is -4.51. The van der Waals surface area contributed by atoms with E-state index < -0.39 is 73.2 Å². The number of amides is 2. The van der Waals surface area contributed by atoms with Gasteiger partial charge in [0, 0.05) is 15.1 Å². The minimum Gasteiger partial charge on any atom is -0.388 e. The number of ether oxygens (including phenoxy) is 8. The van der Waals surface area contributed by atoms with Gasteiger partial charge in [-0.3, -0.25) is 14.5 Å². The molecule has 346 valence electrons. The highest BCUT2D eigenvalue weighted by atomic mass is 35.5. The minimum absolute atomic E-state index is 0.0260. The average molecular weight is 959 g/mol. The number of hydrogen-bond acceptors (Lipinski definition) is 11. The topological polar surface area (TPSA) is 131 Å². The summed E-state index contributed by atoms with van der Waals surface area (Å²) in [5.74, 6) is -1.21. The molecule has 8 rings (SSSR count). The molecule has 0 aliphatic carbocycles. The molecule has 0 spiro atoms. The van der Waals surface area contributed by atoms with Crippen LogP contribution in [0.15, 0.2) is 140 Å². The molecule has 10 atom stereocenters. The Labute approximate surface area is 398 Å². The van der Waals surface area contributed by atoms with Crippen molar-refractivity contribution in [3.63, 3.8) is 0 Å². The maximum atomic E-state index is 14.3. The summed E-state index contributed by atoms with van der Waals surface area (Å²) in [4.78, 5) is 29.7. The maximum Gasteiger partial charge on any atom is 0.262 e. The molecule has 5 aromatic carbocycles. The first-order valence-electron chi connectivity index (χ1n) is 21.6. The zero-order valence-corrected chi connectivity index (χ0v) is 38.3. The lowest BCUT2D eigenvalue weighted by Crippen LogP contribution is -2.69. The summed E-state index contributed by atoms with van der Waals surface area (Å²) in [6.45, 7) is 6.08. The number of rotatable bonds is 19. The molecule has 3 aliphatic rings. The first-order valence-corrected chi connectivity index (χ1v) is 22.7. The molecule has 0 saturated carbocycles. The fraction of sp³-hybridized carbons (Fsp3) is 0.333. The summed E-state index contributed by atoms with van der Waals surface area (Å²) < 4.78 is 52.8. The van der Waals surface area contributed by atoms with Gasteiger partial charge in [0.25, 0.3) is 11.8 Å². The summed E-state index contributed by atoms with van der Waals surface area (Å²) in [6.07, 6.45) is -8.46. The van der Waals surface area contributed by atoms with Crippen molar-refractivity contribution in [2.45, 2.75) is 94.7 Å². The van der Waals surface area contributed by atoms with Gasteiger partial charge in [-0.15, -0.1) is 6.58 Å². The molecule has 0 bridgehead atoms. The Bertz CT molecular complexity index is 2360. The quantitative estimate of drug-likeness (QED) is 0.0629. The fourth-order valence-electron chi connectivity index (χ4n) is 8.27. The van der Waals surface area contributed by atoms with Crippen molar-refractivity contribution in [2.24, 2.45) is 0 Å². The van der Waals surface area contributed by atoms with Gasteiger partial charge in [0.05, 0.1) is 56.9 Å². The fourth-order valence-corrected chi connectivity index (χ4v) is 8.65. The Morgan fingerprint density at radius 3 is 1.61 bits per heavy atom. The van der Waals surface area contributed by atoms with Crippen molar-refractivity contribution >= 4 is 46.6 Å². The molecule has 2 fully saturated rings. The predicted molar refractivity (Wildman–Crippen MR) is 247 cm³/mol. The van der Waals surface area contributed by atoms with Crippen LogP contribution >= 0.6 is 34.8 Å². The first kappa shape index (κ1) is 48.0. The number of carbonyl (C=O) groups excluding carboxylic acids is 2. The lowest BCUT2D eigenvalue weighted by molar-refractivity contribution is -0.357. The molecule has 5 aromatic rings. The molecule has 15 heteroatoms. The van der Waals surface area contributed by atoms with Gasteiger partial charge in [0.2, 0.25) is 0 Å². The van der Waals surface area contributed by atoms with Gasteiger partial charge in [-0.1, -0.05) is 120 Å². The third-order valence-corrected chi connectivity index (χ3v) is 12.4. The largest absolute Gasteiger partial charge is 0.388 e. The van der Waals surface area contributed by atoms with Crippen LogP contribution in [0, 0.1) is 0 Å². The third-order valence-electron chi connectivity index (χ3n) is 11.6. The summed E-state index contributed by atoms with van der Waals surface area (Å²) in [5.41, 5.74) is 3.76. The van der Waals surface area contributed by atoms with Gasteiger partial charge < -0.3 is 43.0 Å². The van der Waals surface area contributed by atoms with Crippen molar-refractivity contribution in [3.05, 3.63) is 188 Å². The lowest BCUT2D eigenvalue weighted by Gasteiger charge is -2.50. The van der Waals surface area contributed by atoms with Crippen molar-refractivity contribution < 1.29 is 52.6 Å². The van der Waals surface area contributed by atoms with E-state index in [0.29, 0.717) is 15.1 Å². The van der Waals surface area contributed by atoms with Crippen LogP contribution in [-0.4, -0.2) is 96.4 Å². The summed E-state index contributed by atoms with van der Waals surface area (Å²) >= 11 is 18.7. The van der Waals surface area contributed by atoms with Crippen LogP contribution in [0.2, 0.25) is 15.1 Å². The van der Waals surface area contributed by atoms with E-state index in [9.17, 15) is 14.7 Å². The Morgan fingerprint density at radius 1 is 0.591 bits per heavy atom. The maximum absolute atomic E-state index is 14.3. The van der Waals surface area contributed by atoms with E-state index in [2.05, 4.69) is 6.58 Å². The van der Waals surface area contributed by atoms with Gasteiger partial charge in [0.15, 0.2) is 12.6 Å². The zero-order chi connectivity index (χ0) is 46.2. The van der Waals surface area contributed by atoms with Gasteiger partial charge >= 0.3 is 0 Å². The van der Waals surface area contributed by atoms with Crippen LogP contribution in [0.3, 0.4) is 0 Å². The van der Waals surface area contributed by atoms with Crippen molar-refractivity contribution in [1.29, 1.82) is 0 Å².